The van der Waals surface area contributed by atoms with E-state index < -0.39 is 5.91 Å². The van der Waals surface area contributed by atoms with Gasteiger partial charge in [0.2, 0.25) is 5.91 Å². The van der Waals surface area contributed by atoms with Gasteiger partial charge in [0, 0.05) is 42.1 Å². The number of anilines is 3. The molecular weight excluding hydrogens is 484 g/mol. The minimum Gasteiger partial charge on any atom is -0.494 e. The number of amides is 2. The van der Waals surface area contributed by atoms with Crippen molar-refractivity contribution >= 4 is 29.0 Å². The van der Waals surface area contributed by atoms with Gasteiger partial charge < -0.3 is 25.8 Å². The summed E-state index contributed by atoms with van der Waals surface area (Å²) in [7, 11) is 1.61. The van der Waals surface area contributed by atoms with Gasteiger partial charge in [-0.2, -0.15) is 5.10 Å². The monoisotopic (exact) mass is 516 g/mol. The van der Waals surface area contributed by atoms with E-state index in [1.165, 1.54) is 6.20 Å². The number of primary amides is 1. The molecule has 2 amide bonds. The second-order valence-corrected chi connectivity index (χ2v) is 10.4. The van der Waals surface area contributed by atoms with Gasteiger partial charge in [0.1, 0.15) is 11.6 Å². The maximum absolute atomic E-state index is 12.2. The number of hydrogen-bond donors (Lipinski definition) is 3. The molecule has 3 heterocycles. The molecule has 2 saturated carbocycles. The highest BCUT2D eigenvalue weighted by atomic mass is 16.5. The summed E-state index contributed by atoms with van der Waals surface area (Å²) in [4.78, 5) is 28.6. The van der Waals surface area contributed by atoms with Gasteiger partial charge in [-0.15, -0.1) is 0 Å². The molecule has 2 aromatic heterocycles. The fourth-order valence-electron chi connectivity index (χ4n) is 5.85. The number of ether oxygens (including phenoxy) is 2. The van der Waals surface area contributed by atoms with E-state index in [4.69, 9.17) is 20.3 Å². The van der Waals surface area contributed by atoms with Gasteiger partial charge in [0.15, 0.2) is 0 Å². The van der Waals surface area contributed by atoms with Gasteiger partial charge in [-0.05, 0) is 51.0 Å². The Kier molecular flexibility index (Phi) is 6.27. The lowest BCUT2D eigenvalue weighted by Gasteiger charge is -2.30. The van der Waals surface area contributed by atoms with Crippen LogP contribution in [0.5, 0.6) is 5.75 Å². The van der Waals surface area contributed by atoms with Crippen molar-refractivity contribution < 1.29 is 19.1 Å². The number of pyridine rings is 1. The molecule has 2 aliphatic carbocycles. The van der Waals surface area contributed by atoms with E-state index in [1.807, 2.05) is 24.4 Å². The maximum atomic E-state index is 12.2. The summed E-state index contributed by atoms with van der Waals surface area (Å²) in [6.45, 7) is 0.820. The predicted octanol–water partition coefficient (Wildman–Crippen LogP) is 4.42. The molecule has 198 valence electrons. The minimum atomic E-state index is -0.629. The first-order valence-corrected chi connectivity index (χ1v) is 13.2. The van der Waals surface area contributed by atoms with Gasteiger partial charge in [0.25, 0.3) is 5.91 Å². The zero-order valence-corrected chi connectivity index (χ0v) is 21.4. The van der Waals surface area contributed by atoms with Crippen molar-refractivity contribution in [1.82, 2.24) is 14.8 Å². The third kappa shape index (κ3) is 4.49. The van der Waals surface area contributed by atoms with Crippen molar-refractivity contribution in [2.24, 2.45) is 11.7 Å². The molecule has 1 spiro atoms. The summed E-state index contributed by atoms with van der Waals surface area (Å²) in [5.41, 5.74) is 8.58. The molecule has 1 saturated heterocycles. The number of methoxy groups -OCH3 is 1. The van der Waals surface area contributed by atoms with Gasteiger partial charge in [-0.3, -0.25) is 14.3 Å². The highest BCUT2D eigenvalue weighted by Gasteiger charge is 2.47. The zero-order chi connectivity index (χ0) is 26.3. The molecular formula is C28H32N6O4. The summed E-state index contributed by atoms with van der Waals surface area (Å²) >= 11 is 0. The molecule has 2 atom stereocenters. The van der Waals surface area contributed by atoms with Gasteiger partial charge in [-0.25, -0.2) is 4.98 Å². The van der Waals surface area contributed by atoms with E-state index in [9.17, 15) is 9.59 Å². The zero-order valence-electron chi connectivity index (χ0n) is 21.4. The van der Waals surface area contributed by atoms with E-state index in [-0.39, 0.29) is 29.0 Å². The number of carbonyl (C=O) groups excluding carboxylic acids is 2. The Hall–Kier alpha value is -3.92. The molecule has 0 radical (unpaired) electrons. The Morgan fingerprint density at radius 2 is 2.00 bits per heavy atom. The third-order valence-corrected chi connectivity index (χ3v) is 7.91. The summed E-state index contributed by atoms with van der Waals surface area (Å²) in [6, 6.07) is 7.59. The number of hydrogen-bond acceptors (Lipinski definition) is 7. The lowest BCUT2D eigenvalue weighted by molar-refractivity contribution is -0.117. The molecule has 6 rings (SSSR count). The second-order valence-electron chi connectivity index (χ2n) is 10.4. The Bertz CT molecular complexity index is 1370. The summed E-state index contributed by atoms with van der Waals surface area (Å²) in [5, 5.41) is 10.8. The molecule has 3 aromatic rings. The summed E-state index contributed by atoms with van der Waals surface area (Å²) in [5.74, 6) is 0.280. The SMILES string of the molecule is COc1c(Nc2cc(NC(=O)C3CC3)ncc2C(N)=O)cccc1-c1cnn([C@H]2CCC[C@]23CCCO3)c1. The van der Waals surface area contributed by atoms with E-state index >= 15 is 0 Å². The van der Waals surface area contributed by atoms with Crippen LogP contribution >= 0.6 is 0 Å². The van der Waals surface area contributed by atoms with Gasteiger partial charge in [-0.1, -0.05) is 12.1 Å². The molecule has 0 bridgehead atoms. The molecule has 0 unspecified atom stereocenters. The van der Waals surface area contributed by atoms with Gasteiger partial charge >= 0.3 is 0 Å². The van der Waals surface area contributed by atoms with Crippen molar-refractivity contribution in [2.75, 3.05) is 24.4 Å². The normalized spacial score (nSPS) is 22.5. The Morgan fingerprint density at radius 3 is 2.74 bits per heavy atom. The van der Waals surface area contributed by atoms with Crippen LogP contribution in [-0.4, -0.2) is 45.9 Å². The average molecular weight is 517 g/mol. The molecule has 38 heavy (non-hydrogen) atoms. The Labute approximate surface area is 220 Å². The fourth-order valence-corrected chi connectivity index (χ4v) is 5.85. The Balaban J connectivity index is 1.30. The molecule has 3 aliphatic rings. The first-order chi connectivity index (χ1) is 18.5. The van der Waals surface area contributed by atoms with Crippen LogP contribution in [0.15, 0.2) is 42.9 Å². The quantitative estimate of drug-likeness (QED) is 0.404. The first-order valence-electron chi connectivity index (χ1n) is 13.2. The van der Waals surface area contributed by atoms with Crippen molar-refractivity contribution in [3.63, 3.8) is 0 Å². The average Bonchev–Trinajstić information content (AvgIpc) is 3.28. The van der Waals surface area contributed by atoms with E-state index in [0.29, 0.717) is 22.9 Å². The van der Waals surface area contributed by atoms with Crippen LogP contribution in [0.2, 0.25) is 0 Å². The summed E-state index contributed by atoms with van der Waals surface area (Å²) < 4.78 is 14.1. The number of nitrogens with zero attached hydrogens (tertiary/aromatic N) is 3. The Morgan fingerprint density at radius 1 is 1.16 bits per heavy atom. The number of carbonyl (C=O) groups is 2. The van der Waals surface area contributed by atoms with Crippen LogP contribution in [0.3, 0.4) is 0 Å². The van der Waals surface area contributed by atoms with Crippen molar-refractivity contribution in [3.8, 4) is 16.9 Å². The number of aromatic nitrogens is 3. The molecule has 1 aliphatic heterocycles. The lowest BCUT2D eigenvalue weighted by atomic mass is 9.94. The fraction of sp³-hybridized carbons (Fsp3) is 0.429. The third-order valence-electron chi connectivity index (χ3n) is 7.91. The molecule has 10 nitrogen and oxygen atoms in total. The van der Waals surface area contributed by atoms with Crippen LogP contribution < -0.4 is 21.1 Å². The highest BCUT2D eigenvalue weighted by molar-refractivity contribution is 6.01. The van der Waals surface area contributed by atoms with Crippen molar-refractivity contribution in [2.45, 2.75) is 56.6 Å². The largest absolute Gasteiger partial charge is 0.494 e. The summed E-state index contributed by atoms with van der Waals surface area (Å²) in [6.07, 6.45) is 12.5. The van der Waals surface area contributed by atoms with Crippen LogP contribution in [0.1, 0.15) is 61.3 Å². The van der Waals surface area contributed by atoms with Crippen LogP contribution in [0, 0.1) is 5.92 Å². The minimum absolute atomic E-state index is 0.0288. The van der Waals surface area contributed by atoms with Crippen LogP contribution in [-0.2, 0) is 9.53 Å². The van der Waals surface area contributed by atoms with Crippen molar-refractivity contribution in [1.29, 1.82) is 0 Å². The maximum Gasteiger partial charge on any atom is 0.252 e. The predicted molar refractivity (Wildman–Crippen MR) is 142 cm³/mol. The molecule has 1 aromatic carbocycles. The van der Waals surface area contributed by atoms with Crippen LogP contribution in [0.25, 0.3) is 11.1 Å². The van der Waals surface area contributed by atoms with Gasteiger partial charge in [0.05, 0.1) is 41.9 Å². The number of nitrogens with one attached hydrogen (secondary N) is 2. The standard InChI is InChI=1S/C28H32N6O4/c1-37-25-19(18-14-31-34(16-18)23-7-3-10-28(23)11-4-12-38-28)5-2-6-21(25)32-22-13-24(30-15-20(22)26(29)35)33-27(36)17-8-9-17/h2,5-6,13-17,23H,3-4,7-12H2,1H3,(H2,29,35)(H2,30,32,33,36)/t23-,28-/m0/s1. The topological polar surface area (TPSA) is 133 Å². The van der Waals surface area contributed by atoms with Crippen LogP contribution in [0.4, 0.5) is 17.2 Å². The highest BCUT2D eigenvalue weighted by Crippen LogP contribution is 2.48. The van der Waals surface area contributed by atoms with Crippen molar-refractivity contribution in [3.05, 3.63) is 48.4 Å². The first kappa shape index (κ1) is 24.4. The molecule has 10 heteroatoms. The molecule has 3 fully saturated rings. The number of para-hydroxylation sites is 1. The lowest BCUT2D eigenvalue weighted by Crippen LogP contribution is -2.34. The number of benzene rings is 1. The smallest absolute Gasteiger partial charge is 0.252 e. The van der Waals surface area contributed by atoms with E-state index in [2.05, 4.69) is 26.5 Å². The van der Waals surface area contributed by atoms with E-state index in [0.717, 1.165) is 62.7 Å². The second kappa shape index (κ2) is 9.75. The number of nitrogens with two attached hydrogens (primary N) is 1. The van der Waals surface area contributed by atoms with E-state index in [1.54, 1.807) is 13.2 Å². The molecule has 4 N–H and O–H groups in total. The number of rotatable bonds is 8.